The SMILES string of the molecule is CCCCN(c1cc(C)c(F)c(C)c1)C(C(=O)OCCC)C(=O)OCCC. The molecule has 0 heterocycles. The van der Waals surface area contributed by atoms with Crippen LogP contribution in [0.25, 0.3) is 0 Å². The highest BCUT2D eigenvalue weighted by Crippen LogP contribution is 2.25. The number of hydrogen-bond acceptors (Lipinski definition) is 5. The molecule has 6 heteroatoms. The molecule has 1 aromatic rings. The van der Waals surface area contributed by atoms with E-state index in [1.165, 1.54) is 0 Å². The van der Waals surface area contributed by atoms with Gasteiger partial charge in [0.15, 0.2) is 0 Å². The zero-order valence-corrected chi connectivity index (χ0v) is 17.1. The van der Waals surface area contributed by atoms with Gasteiger partial charge in [-0.3, -0.25) is 0 Å². The summed E-state index contributed by atoms with van der Waals surface area (Å²) in [6, 6.07) is 2.12. The van der Waals surface area contributed by atoms with Crippen LogP contribution in [0.1, 0.15) is 57.6 Å². The summed E-state index contributed by atoms with van der Waals surface area (Å²) in [5, 5.41) is 0. The summed E-state index contributed by atoms with van der Waals surface area (Å²) in [5.74, 6) is -1.55. The number of carbonyl (C=O) groups is 2. The molecule has 0 aliphatic carbocycles. The molecule has 0 bridgehead atoms. The van der Waals surface area contributed by atoms with E-state index >= 15 is 0 Å². The second kappa shape index (κ2) is 11.6. The van der Waals surface area contributed by atoms with E-state index in [2.05, 4.69) is 0 Å². The molecule has 0 N–H and O–H groups in total. The van der Waals surface area contributed by atoms with Crippen LogP contribution < -0.4 is 4.90 Å². The minimum atomic E-state index is -1.20. The Hall–Kier alpha value is -2.11. The van der Waals surface area contributed by atoms with Gasteiger partial charge in [0, 0.05) is 12.2 Å². The maximum atomic E-state index is 14.1. The van der Waals surface area contributed by atoms with E-state index in [9.17, 15) is 14.0 Å². The molecule has 0 aliphatic rings. The van der Waals surface area contributed by atoms with Crippen molar-refractivity contribution in [3.05, 3.63) is 29.1 Å². The van der Waals surface area contributed by atoms with E-state index in [-0.39, 0.29) is 19.0 Å². The first kappa shape index (κ1) is 22.9. The summed E-state index contributed by atoms with van der Waals surface area (Å²) in [6.45, 7) is 10.1. The normalized spacial score (nSPS) is 10.8. The lowest BCUT2D eigenvalue weighted by Crippen LogP contribution is -2.49. The maximum Gasteiger partial charge on any atom is 0.340 e. The van der Waals surface area contributed by atoms with E-state index < -0.39 is 18.0 Å². The summed E-state index contributed by atoms with van der Waals surface area (Å²) >= 11 is 0. The molecule has 1 aromatic carbocycles. The first-order valence-electron chi connectivity index (χ1n) is 9.73. The van der Waals surface area contributed by atoms with Crippen molar-refractivity contribution in [1.29, 1.82) is 0 Å². The number of halogens is 1. The molecule has 1 rings (SSSR count). The lowest BCUT2D eigenvalue weighted by atomic mass is 10.1. The molecule has 0 aliphatic heterocycles. The summed E-state index contributed by atoms with van der Waals surface area (Å²) < 4.78 is 24.6. The molecule has 0 fully saturated rings. The third-order valence-corrected chi connectivity index (χ3v) is 4.16. The fourth-order valence-corrected chi connectivity index (χ4v) is 2.74. The molecule has 0 spiro atoms. The van der Waals surface area contributed by atoms with Crippen LogP contribution in [0.4, 0.5) is 10.1 Å². The number of anilines is 1. The molecule has 0 atom stereocenters. The van der Waals surface area contributed by atoms with Gasteiger partial charge in [-0.25, -0.2) is 14.0 Å². The number of ether oxygens (including phenoxy) is 2. The minimum Gasteiger partial charge on any atom is -0.464 e. The van der Waals surface area contributed by atoms with Gasteiger partial charge in [-0.15, -0.1) is 0 Å². The van der Waals surface area contributed by atoms with Crippen LogP contribution >= 0.6 is 0 Å². The molecule has 0 unspecified atom stereocenters. The van der Waals surface area contributed by atoms with Gasteiger partial charge >= 0.3 is 11.9 Å². The van der Waals surface area contributed by atoms with Gasteiger partial charge in [-0.1, -0.05) is 27.2 Å². The van der Waals surface area contributed by atoms with Gasteiger partial charge in [0.2, 0.25) is 6.04 Å². The number of unbranched alkanes of at least 4 members (excludes halogenated alkanes) is 1. The topological polar surface area (TPSA) is 55.8 Å². The van der Waals surface area contributed by atoms with Crippen LogP contribution in [-0.2, 0) is 19.1 Å². The molecule has 0 amide bonds. The standard InChI is InChI=1S/C21H32FNO4/c1-6-9-10-23(17-13-15(4)18(22)16(5)14-17)19(20(24)26-11-7-2)21(25)27-12-8-3/h13-14,19H,6-12H2,1-5H3. The van der Waals surface area contributed by atoms with Gasteiger partial charge in [-0.2, -0.15) is 0 Å². The van der Waals surface area contributed by atoms with Crippen LogP contribution in [0.3, 0.4) is 0 Å². The Kier molecular flexibility index (Phi) is 9.83. The van der Waals surface area contributed by atoms with Crippen molar-refractivity contribution in [2.24, 2.45) is 0 Å². The van der Waals surface area contributed by atoms with E-state index in [1.807, 2.05) is 20.8 Å². The van der Waals surface area contributed by atoms with Gasteiger partial charge in [0.25, 0.3) is 0 Å². The Morgan fingerprint density at radius 1 is 0.963 bits per heavy atom. The number of carbonyl (C=O) groups excluding carboxylic acids is 2. The third kappa shape index (κ3) is 6.52. The van der Waals surface area contributed by atoms with Crippen LogP contribution in [-0.4, -0.2) is 37.7 Å². The lowest BCUT2D eigenvalue weighted by molar-refractivity contribution is -0.157. The number of hydrogen-bond donors (Lipinski definition) is 0. The highest BCUT2D eigenvalue weighted by Gasteiger charge is 2.36. The Morgan fingerprint density at radius 2 is 1.44 bits per heavy atom. The van der Waals surface area contributed by atoms with Crippen LogP contribution in [0.5, 0.6) is 0 Å². The summed E-state index contributed by atoms with van der Waals surface area (Å²) in [7, 11) is 0. The predicted octanol–water partition coefficient (Wildman–Crippen LogP) is 4.32. The van der Waals surface area contributed by atoms with Gasteiger partial charge in [0.05, 0.1) is 13.2 Å². The van der Waals surface area contributed by atoms with Crippen LogP contribution in [0, 0.1) is 19.7 Å². The van der Waals surface area contributed by atoms with Crippen molar-refractivity contribution in [2.75, 3.05) is 24.7 Å². The monoisotopic (exact) mass is 381 g/mol. The average molecular weight is 381 g/mol. The van der Waals surface area contributed by atoms with Crippen molar-refractivity contribution >= 4 is 17.6 Å². The first-order valence-corrected chi connectivity index (χ1v) is 9.73. The van der Waals surface area contributed by atoms with Gasteiger partial charge in [0.1, 0.15) is 5.82 Å². The average Bonchev–Trinajstić information content (AvgIpc) is 2.65. The zero-order chi connectivity index (χ0) is 20.4. The highest BCUT2D eigenvalue weighted by atomic mass is 19.1. The smallest absolute Gasteiger partial charge is 0.340 e. The largest absolute Gasteiger partial charge is 0.464 e. The molecule has 27 heavy (non-hydrogen) atoms. The summed E-state index contributed by atoms with van der Waals surface area (Å²) in [6.07, 6.45) is 2.98. The van der Waals surface area contributed by atoms with Crippen LogP contribution in [0.15, 0.2) is 12.1 Å². The molecule has 0 aromatic heterocycles. The zero-order valence-electron chi connectivity index (χ0n) is 17.1. The fraction of sp³-hybridized carbons (Fsp3) is 0.619. The molecular formula is C21H32FNO4. The Bertz CT molecular complexity index is 590. The Labute approximate surface area is 161 Å². The first-order chi connectivity index (χ1) is 12.9. The van der Waals surface area contributed by atoms with Crippen molar-refractivity contribution in [2.45, 2.75) is 66.3 Å². The molecule has 5 nitrogen and oxygen atoms in total. The van der Waals surface area contributed by atoms with E-state index in [0.29, 0.717) is 36.2 Å². The molecule has 0 radical (unpaired) electrons. The molecule has 152 valence electrons. The second-order valence-corrected chi connectivity index (χ2v) is 6.68. The summed E-state index contributed by atoms with van der Waals surface area (Å²) in [5.41, 5.74) is 1.55. The Morgan fingerprint density at radius 3 is 1.85 bits per heavy atom. The molecule has 0 saturated heterocycles. The van der Waals surface area contributed by atoms with Gasteiger partial charge in [-0.05, 0) is 56.4 Å². The molecular weight excluding hydrogens is 349 g/mol. The van der Waals surface area contributed by atoms with E-state index in [4.69, 9.17) is 9.47 Å². The third-order valence-electron chi connectivity index (χ3n) is 4.16. The number of esters is 2. The van der Waals surface area contributed by atoms with E-state index in [0.717, 1.165) is 12.8 Å². The maximum absolute atomic E-state index is 14.1. The number of rotatable bonds is 11. The Balaban J connectivity index is 3.32. The van der Waals surface area contributed by atoms with Crippen molar-refractivity contribution < 1.29 is 23.5 Å². The quantitative estimate of drug-likeness (QED) is 0.422. The van der Waals surface area contributed by atoms with Crippen molar-refractivity contribution in [3.8, 4) is 0 Å². The highest BCUT2D eigenvalue weighted by molar-refractivity contribution is 6.02. The van der Waals surface area contributed by atoms with Crippen LogP contribution in [0.2, 0.25) is 0 Å². The predicted molar refractivity (Wildman–Crippen MR) is 104 cm³/mol. The fourth-order valence-electron chi connectivity index (χ4n) is 2.74. The number of benzene rings is 1. The van der Waals surface area contributed by atoms with Crippen molar-refractivity contribution in [3.63, 3.8) is 0 Å². The lowest BCUT2D eigenvalue weighted by Gasteiger charge is -2.31. The number of nitrogens with zero attached hydrogens (tertiary/aromatic N) is 1. The minimum absolute atomic E-state index is 0.236. The molecule has 0 saturated carbocycles. The number of aryl methyl sites for hydroxylation is 2. The second-order valence-electron chi connectivity index (χ2n) is 6.68. The summed E-state index contributed by atoms with van der Waals surface area (Å²) in [4.78, 5) is 27.0. The van der Waals surface area contributed by atoms with E-state index in [1.54, 1.807) is 30.9 Å². The van der Waals surface area contributed by atoms with Gasteiger partial charge < -0.3 is 14.4 Å². The van der Waals surface area contributed by atoms with Crippen molar-refractivity contribution in [1.82, 2.24) is 0 Å².